The Morgan fingerprint density at radius 2 is 2.23 bits per heavy atom. The molecule has 1 aromatic carbocycles. The summed E-state index contributed by atoms with van der Waals surface area (Å²) >= 11 is 5.95. The van der Waals surface area contributed by atoms with E-state index in [2.05, 4.69) is 24.3 Å². The molecule has 0 fully saturated rings. The Morgan fingerprint density at radius 1 is 1.46 bits per heavy atom. The normalized spacial score (nSPS) is 20.2. The summed E-state index contributed by atoms with van der Waals surface area (Å²) in [6.07, 6.45) is 0. The summed E-state index contributed by atoms with van der Waals surface area (Å²) in [6.45, 7) is 0.975. The lowest BCUT2D eigenvalue weighted by Gasteiger charge is -2.18. The van der Waals surface area contributed by atoms with Gasteiger partial charge in [0.1, 0.15) is 0 Å². The van der Waals surface area contributed by atoms with E-state index in [4.69, 9.17) is 11.6 Å². The van der Waals surface area contributed by atoms with Crippen LogP contribution >= 0.6 is 11.6 Å². The summed E-state index contributed by atoms with van der Waals surface area (Å²) in [5.41, 5.74) is 2.51. The summed E-state index contributed by atoms with van der Waals surface area (Å²) in [5.74, 6) is 0. The van der Waals surface area contributed by atoms with E-state index < -0.39 is 0 Å². The van der Waals surface area contributed by atoms with E-state index in [1.807, 2.05) is 18.2 Å². The van der Waals surface area contributed by atoms with Crippen molar-refractivity contribution < 1.29 is 0 Å². The number of fused-ring (bicyclic) bond motifs is 1. The SMILES string of the molecule is CN(C)C1CNc2ccc(Cl)cc21. The molecule has 1 atom stereocenters. The molecular weight excluding hydrogens is 184 g/mol. The van der Waals surface area contributed by atoms with Gasteiger partial charge in [-0.2, -0.15) is 0 Å². The molecule has 2 rings (SSSR count). The Hall–Kier alpha value is -0.730. The minimum Gasteiger partial charge on any atom is -0.383 e. The van der Waals surface area contributed by atoms with Crippen LogP contribution in [0.1, 0.15) is 11.6 Å². The Balaban J connectivity index is 2.40. The van der Waals surface area contributed by atoms with Crippen LogP contribution < -0.4 is 5.32 Å². The van der Waals surface area contributed by atoms with Gasteiger partial charge in [0.15, 0.2) is 0 Å². The molecule has 0 aliphatic carbocycles. The van der Waals surface area contributed by atoms with E-state index >= 15 is 0 Å². The maximum atomic E-state index is 5.95. The third kappa shape index (κ3) is 1.52. The molecule has 3 heteroatoms. The zero-order chi connectivity index (χ0) is 9.42. The summed E-state index contributed by atoms with van der Waals surface area (Å²) < 4.78 is 0. The second kappa shape index (κ2) is 3.20. The highest BCUT2D eigenvalue weighted by Crippen LogP contribution is 2.34. The first-order valence-corrected chi connectivity index (χ1v) is 4.76. The standard InChI is InChI=1S/C10H13ClN2/c1-13(2)10-6-12-9-4-3-7(11)5-8(9)10/h3-5,10,12H,6H2,1-2H3. The number of nitrogens with one attached hydrogen (secondary N) is 1. The molecule has 0 amide bonds. The van der Waals surface area contributed by atoms with Gasteiger partial charge in [-0.3, -0.25) is 0 Å². The largest absolute Gasteiger partial charge is 0.383 e. The summed E-state index contributed by atoms with van der Waals surface area (Å²) in [7, 11) is 4.17. The van der Waals surface area contributed by atoms with Gasteiger partial charge in [-0.05, 0) is 37.9 Å². The quantitative estimate of drug-likeness (QED) is 0.742. The average Bonchev–Trinajstić information content (AvgIpc) is 2.46. The zero-order valence-corrected chi connectivity index (χ0v) is 8.60. The van der Waals surface area contributed by atoms with Crippen LogP contribution in [-0.4, -0.2) is 25.5 Å². The minimum absolute atomic E-state index is 0.452. The molecule has 1 aliphatic heterocycles. The first kappa shape index (κ1) is 8.85. The molecule has 1 unspecified atom stereocenters. The number of halogens is 1. The molecule has 0 saturated carbocycles. The lowest BCUT2D eigenvalue weighted by molar-refractivity contribution is 0.321. The van der Waals surface area contributed by atoms with E-state index in [0.29, 0.717) is 6.04 Å². The second-order valence-electron chi connectivity index (χ2n) is 3.59. The number of rotatable bonds is 1. The van der Waals surface area contributed by atoms with Crippen molar-refractivity contribution in [2.75, 3.05) is 26.0 Å². The molecule has 0 spiro atoms. The molecule has 0 saturated heterocycles. The van der Waals surface area contributed by atoms with Gasteiger partial charge in [-0.15, -0.1) is 0 Å². The third-order valence-electron chi connectivity index (χ3n) is 2.48. The highest BCUT2D eigenvalue weighted by Gasteiger charge is 2.23. The Kier molecular flexibility index (Phi) is 2.18. The molecule has 1 N–H and O–H groups in total. The van der Waals surface area contributed by atoms with Gasteiger partial charge in [-0.1, -0.05) is 11.6 Å². The molecule has 2 nitrogen and oxygen atoms in total. The molecule has 0 radical (unpaired) electrons. The fourth-order valence-electron chi connectivity index (χ4n) is 1.75. The highest BCUT2D eigenvalue weighted by molar-refractivity contribution is 6.30. The lowest BCUT2D eigenvalue weighted by atomic mass is 10.1. The topological polar surface area (TPSA) is 15.3 Å². The predicted molar refractivity (Wildman–Crippen MR) is 56.4 cm³/mol. The lowest BCUT2D eigenvalue weighted by Crippen LogP contribution is -2.21. The average molecular weight is 197 g/mol. The van der Waals surface area contributed by atoms with Crippen molar-refractivity contribution in [3.05, 3.63) is 28.8 Å². The van der Waals surface area contributed by atoms with Crippen molar-refractivity contribution in [3.63, 3.8) is 0 Å². The van der Waals surface area contributed by atoms with Crippen LogP contribution in [0.3, 0.4) is 0 Å². The number of anilines is 1. The Bertz CT molecular complexity index is 323. The predicted octanol–water partition coefficient (Wildman–Crippen LogP) is 2.37. The van der Waals surface area contributed by atoms with Gasteiger partial charge in [0.05, 0.1) is 6.04 Å². The zero-order valence-electron chi connectivity index (χ0n) is 7.84. The van der Waals surface area contributed by atoms with Crippen LogP contribution in [0.25, 0.3) is 0 Å². The summed E-state index contributed by atoms with van der Waals surface area (Å²) in [4.78, 5) is 2.20. The smallest absolute Gasteiger partial charge is 0.0536 e. The number of likely N-dealkylation sites (N-methyl/N-ethyl adjacent to an activating group) is 1. The van der Waals surface area contributed by atoms with Crippen molar-refractivity contribution in [2.24, 2.45) is 0 Å². The molecule has 1 heterocycles. The maximum Gasteiger partial charge on any atom is 0.0536 e. The molecule has 1 aromatic rings. The molecule has 0 bridgehead atoms. The van der Waals surface area contributed by atoms with Crippen LogP contribution in [0.2, 0.25) is 5.02 Å². The Labute approximate surface area is 83.5 Å². The number of hydrogen-bond donors (Lipinski definition) is 1. The number of nitrogens with zero attached hydrogens (tertiary/aromatic N) is 1. The van der Waals surface area contributed by atoms with Crippen molar-refractivity contribution in [3.8, 4) is 0 Å². The maximum absolute atomic E-state index is 5.95. The Morgan fingerprint density at radius 3 is 2.92 bits per heavy atom. The molecule has 70 valence electrons. The van der Waals surface area contributed by atoms with Crippen LogP contribution in [-0.2, 0) is 0 Å². The molecule has 13 heavy (non-hydrogen) atoms. The van der Waals surface area contributed by atoms with Gasteiger partial charge < -0.3 is 10.2 Å². The number of hydrogen-bond acceptors (Lipinski definition) is 2. The monoisotopic (exact) mass is 196 g/mol. The van der Waals surface area contributed by atoms with E-state index in [-0.39, 0.29) is 0 Å². The molecular formula is C10H13ClN2. The van der Waals surface area contributed by atoms with Crippen molar-refractivity contribution in [1.82, 2.24) is 4.90 Å². The van der Waals surface area contributed by atoms with Crippen LogP contribution in [0.4, 0.5) is 5.69 Å². The van der Waals surface area contributed by atoms with E-state index in [1.54, 1.807) is 0 Å². The van der Waals surface area contributed by atoms with Gasteiger partial charge in [0, 0.05) is 17.3 Å². The summed E-state index contributed by atoms with van der Waals surface area (Å²) in [5, 5.41) is 4.17. The van der Waals surface area contributed by atoms with Crippen LogP contribution in [0.5, 0.6) is 0 Å². The van der Waals surface area contributed by atoms with Gasteiger partial charge >= 0.3 is 0 Å². The van der Waals surface area contributed by atoms with Crippen LogP contribution in [0.15, 0.2) is 18.2 Å². The van der Waals surface area contributed by atoms with E-state index in [1.165, 1.54) is 11.3 Å². The van der Waals surface area contributed by atoms with E-state index in [0.717, 1.165) is 11.6 Å². The minimum atomic E-state index is 0.452. The fourth-order valence-corrected chi connectivity index (χ4v) is 1.93. The van der Waals surface area contributed by atoms with E-state index in [9.17, 15) is 0 Å². The first-order valence-electron chi connectivity index (χ1n) is 4.38. The number of benzene rings is 1. The van der Waals surface area contributed by atoms with Crippen molar-refractivity contribution in [1.29, 1.82) is 0 Å². The van der Waals surface area contributed by atoms with Gasteiger partial charge in [0.2, 0.25) is 0 Å². The van der Waals surface area contributed by atoms with Crippen molar-refractivity contribution in [2.45, 2.75) is 6.04 Å². The highest BCUT2D eigenvalue weighted by atomic mass is 35.5. The summed E-state index contributed by atoms with van der Waals surface area (Å²) in [6, 6.07) is 6.46. The molecule has 1 aliphatic rings. The second-order valence-corrected chi connectivity index (χ2v) is 4.03. The van der Waals surface area contributed by atoms with Crippen LogP contribution in [0, 0.1) is 0 Å². The fraction of sp³-hybridized carbons (Fsp3) is 0.400. The first-order chi connectivity index (χ1) is 6.18. The van der Waals surface area contributed by atoms with Gasteiger partial charge in [0.25, 0.3) is 0 Å². The third-order valence-corrected chi connectivity index (χ3v) is 2.72. The van der Waals surface area contributed by atoms with Crippen molar-refractivity contribution >= 4 is 17.3 Å². The van der Waals surface area contributed by atoms with Gasteiger partial charge in [-0.25, -0.2) is 0 Å². The molecule has 0 aromatic heterocycles.